The van der Waals surface area contributed by atoms with Crippen LogP contribution in [0, 0.1) is 0 Å². The van der Waals surface area contributed by atoms with E-state index in [1.54, 1.807) is 0 Å². The van der Waals surface area contributed by atoms with Gasteiger partial charge in [0.15, 0.2) is 5.69 Å². The predicted octanol–water partition coefficient (Wildman–Crippen LogP) is 2.42. The minimum atomic E-state index is -0.0503. The van der Waals surface area contributed by atoms with E-state index >= 15 is 0 Å². The Kier molecular flexibility index (Phi) is 8.73. The molecular weight excluding hydrogens is 326 g/mol. The first-order chi connectivity index (χ1) is 11.5. The molecule has 0 saturated carbocycles. The predicted molar refractivity (Wildman–Crippen MR) is 99.7 cm³/mol. The van der Waals surface area contributed by atoms with Gasteiger partial charge < -0.3 is 14.7 Å². The maximum Gasteiger partial charge on any atom is 0.276 e. The molecule has 24 heavy (non-hydrogen) atoms. The summed E-state index contributed by atoms with van der Waals surface area (Å²) in [7, 11) is 4.10. The van der Waals surface area contributed by atoms with Crippen molar-refractivity contribution in [1.29, 1.82) is 0 Å². The number of aromatic nitrogens is 2. The third-order valence-corrected chi connectivity index (χ3v) is 4.64. The van der Waals surface area contributed by atoms with E-state index in [1.807, 2.05) is 37.4 Å². The fourth-order valence-corrected chi connectivity index (χ4v) is 2.83. The van der Waals surface area contributed by atoms with Crippen molar-refractivity contribution in [1.82, 2.24) is 24.5 Å². The summed E-state index contributed by atoms with van der Waals surface area (Å²) in [6, 6.07) is 0. The highest BCUT2D eigenvalue weighted by atomic mass is 35.5. The summed E-state index contributed by atoms with van der Waals surface area (Å²) in [5, 5.41) is 4.97. The lowest BCUT2D eigenvalue weighted by atomic mass is 10.2. The van der Waals surface area contributed by atoms with E-state index in [0.717, 1.165) is 38.4 Å². The normalized spacial score (nSPS) is 15.4. The zero-order chi connectivity index (χ0) is 18.3. The number of likely N-dealkylation sites (N-methyl/N-ethyl adjacent to an activating group) is 1. The Morgan fingerprint density at radius 1 is 1.21 bits per heavy atom. The van der Waals surface area contributed by atoms with Crippen LogP contribution in [0.5, 0.6) is 0 Å². The fraction of sp³-hybridized carbons (Fsp3) is 0.765. The molecule has 2 heterocycles. The summed E-state index contributed by atoms with van der Waals surface area (Å²) >= 11 is 6.48. The van der Waals surface area contributed by atoms with E-state index in [2.05, 4.69) is 28.9 Å². The Hall–Kier alpha value is -1.11. The number of rotatable bonds is 5. The maximum atomic E-state index is 12.7. The van der Waals surface area contributed by atoms with Crippen LogP contribution in [0.3, 0.4) is 0 Å². The minimum Gasteiger partial charge on any atom is -0.335 e. The van der Waals surface area contributed by atoms with Gasteiger partial charge in [-0.2, -0.15) is 5.10 Å². The van der Waals surface area contributed by atoms with Gasteiger partial charge in [0, 0.05) is 39.3 Å². The first-order valence-corrected chi connectivity index (χ1v) is 9.27. The zero-order valence-corrected chi connectivity index (χ0v) is 16.7. The second-order valence-electron chi connectivity index (χ2n) is 5.85. The molecule has 1 aromatic heterocycles. The van der Waals surface area contributed by atoms with Gasteiger partial charge in [-0.1, -0.05) is 32.4 Å². The molecule has 1 aromatic rings. The number of amides is 1. The summed E-state index contributed by atoms with van der Waals surface area (Å²) < 4.78 is 1.85. The summed E-state index contributed by atoms with van der Waals surface area (Å²) in [6.45, 7) is 13.7. The van der Waals surface area contributed by atoms with Crippen molar-refractivity contribution in [2.24, 2.45) is 0 Å². The van der Waals surface area contributed by atoms with Gasteiger partial charge in [0.25, 0.3) is 5.91 Å². The van der Waals surface area contributed by atoms with E-state index in [1.165, 1.54) is 0 Å². The molecule has 1 aliphatic heterocycles. The lowest BCUT2D eigenvalue weighted by Gasteiger charge is -2.31. The number of carbonyl (C=O) groups is 1. The Labute approximate surface area is 151 Å². The van der Waals surface area contributed by atoms with Crippen LogP contribution in [-0.2, 0) is 13.1 Å². The third kappa shape index (κ3) is 4.94. The van der Waals surface area contributed by atoms with Crippen molar-refractivity contribution in [3.8, 4) is 0 Å². The van der Waals surface area contributed by atoms with E-state index in [4.69, 9.17) is 11.6 Å². The van der Waals surface area contributed by atoms with Gasteiger partial charge >= 0.3 is 0 Å². The summed E-state index contributed by atoms with van der Waals surface area (Å²) in [5.74, 6) is -0.0503. The first-order valence-electron chi connectivity index (χ1n) is 8.89. The van der Waals surface area contributed by atoms with Crippen LogP contribution in [0.1, 0.15) is 43.9 Å². The van der Waals surface area contributed by atoms with Gasteiger partial charge in [0.1, 0.15) is 0 Å². The third-order valence-electron chi connectivity index (χ3n) is 4.25. The topological polar surface area (TPSA) is 44.6 Å². The first kappa shape index (κ1) is 20.9. The second-order valence-corrected chi connectivity index (χ2v) is 6.23. The van der Waals surface area contributed by atoms with Gasteiger partial charge in [-0.15, -0.1) is 0 Å². The quantitative estimate of drug-likeness (QED) is 0.811. The van der Waals surface area contributed by atoms with Gasteiger partial charge in [0.05, 0.1) is 10.7 Å². The highest BCUT2D eigenvalue weighted by Gasteiger charge is 2.27. The van der Waals surface area contributed by atoms with Crippen molar-refractivity contribution < 1.29 is 4.79 Å². The highest BCUT2D eigenvalue weighted by molar-refractivity contribution is 6.34. The van der Waals surface area contributed by atoms with E-state index in [9.17, 15) is 4.79 Å². The van der Waals surface area contributed by atoms with Crippen LogP contribution in [0.25, 0.3) is 0 Å². The maximum absolute atomic E-state index is 12.7. The molecule has 0 radical (unpaired) electrons. The molecule has 0 N–H and O–H groups in total. The zero-order valence-electron chi connectivity index (χ0n) is 16.0. The Bertz CT molecular complexity index is 523. The molecular formula is C17H32ClN5O. The lowest BCUT2D eigenvalue weighted by molar-refractivity contribution is 0.0657. The molecule has 0 aliphatic carbocycles. The highest BCUT2D eigenvalue weighted by Crippen LogP contribution is 2.24. The van der Waals surface area contributed by atoms with Crippen LogP contribution < -0.4 is 0 Å². The van der Waals surface area contributed by atoms with Gasteiger partial charge in [0.2, 0.25) is 0 Å². The molecule has 0 unspecified atom stereocenters. The summed E-state index contributed by atoms with van der Waals surface area (Å²) in [4.78, 5) is 18.9. The smallest absolute Gasteiger partial charge is 0.276 e. The van der Waals surface area contributed by atoms with E-state index in [0.29, 0.717) is 23.8 Å². The van der Waals surface area contributed by atoms with Crippen molar-refractivity contribution in [2.75, 3.05) is 46.8 Å². The number of hydrogen-bond donors (Lipinski definition) is 0. The molecule has 1 amide bonds. The largest absolute Gasteiger partial charge is 0.335 e. The Morgan fingerprint density at radius 3 is 2.29 bits per heavy atom. The van der Waals surface area contributed by atoms with E-state index < -0.39 is 0 Å². The van der Waals surface area contributed by atoms with Gasteiger partial charge in [-0.3, -0.25) is 9.48 Å². The number of piperazine rings is 1. The van der Waals surface area contributed by atoms with Gasteiger partial charge in [-0.25, -0.2) is 0 Å². The summed E-state index contributed by atoms with van der Waals surface area (Å²) in [6.07, 6.45) is 0. The number of halogens is 1. The number of hydrogen-bond acceptors (Lipinski definition) is 4. The second kappa shape index (κ2) is 10.0. The average Bonchev–Trinajstić information content (AvgIpc) is 2.92. The molecule has 1 aliphatic rings. The Morgan fingerprint density at radius 2 is 1.79 bits per heavy atom. The van der Waals surface area contributed by atoms with Crippen LogP contribution >= 0.6 is 11.6 Å². The minimum absolute atomic E-state index is 0.0503. The van der Waals surface area contributed by atoms with Crippen LogP contribution in [0.2, 0.25) is 5.02 Å². The molecule has 7 heteroatoms. The van der Waals surface area contributed by atoms with Crippen molar-refractivity contribution in [3.63, 3.8) is 0 Å². The molecule has 1 saturated heterocycles. The molecule has 0 aromatic carbocycles. The SMILES string of the molecule is CC.CCN(C)Cc1c(Cl)c(C(=O)N2CCN(C)CC2)nn1CC. The molecule has 6 nitrogen and oxygen atoms in total. The van der Waals surface area contributed by atoms with Crippen LogP contribution in [0.4, 0.5) is 0 Å². The lowest BCUT2D eigenvalue weighted by Crippen LogP contribution is -2.47. The fourth-order valence-electron chi connectivity index (χ4n) is 2.55. The molecule has 1 fully saturated rings. The molecule has 2 rings (SSSR count). The monoisotopic (exact) mass is 357 g/mol. The number of carbonyl (C=O) groups excluding carboxylic acids is 1. The standard InChI is InChI=1S/C15H26ClN5O.C2H6/c1-5-18(3)11-12-13(16)14(17-21(12)6-2)15(22)20-9-7-19(4)8-10-20;1-2/h5-11H2,1-4H3;1-2H3. The van der Waals surface area contributed by atoms with E-state index in [-0.39, 0.29) is 5.91 Å². The molecule has 138 valence electrons. The van der Waals surface area contributed by atoms with Crippen molar-refractivity contribution >= 4 is 17.5 Å². The number of aryl methyl sites for hydroxylation is 1. The molecule has 0 atom stereocenters. The van der Waals surface area contributed by atoms with Crippen LogP contribution in [-0.4, -0.2) is 77.2 Å². The Balaban J connectivity index is 0.00000139. The van der Waals surface area contributed by atoms with Crippen molar-refractivity contribution in [2.45, 2.75) is 40.8 Å². The van der Waals surface area contributed by atoms with Crippen LogP contribution in [0.15, 0.2) is 0 Å². The molecule has 0 spiro atoms. The molecule has 0 bridgehead atoms. The average molecular weight is 358 g/mol. The summed E-state index contributed by atoms with van der Waals surface area (Å²) in [5.41, 5.74) is 1.32. The number of nitrogens with zero attached hydrogens (tertiary/aromatic N) is 5. The van der Waals surface area contributed by atoms with Crippen molar-refractivity contribution in [3.05, 3.63) is 16.4 Å². The van der Waals surface area contributed by atoms with Gasteiger partial charge in [-0.05, 0) is 27.6 Å².